The Hall–Kier alpha value is -2.31. The zero-order valence-corrected chi connectivity index (χ0v) is 15.3. The van der Waals surface area contributed by atoms with Gasteiger partial charge in [-0.1, -0.05) is 17.7 Å². The van der Waals surface area contributed by atoms with Crippen LogP contribution in [0.2, 0.25) is 5.02 Å². The fraction of sp³-hybridized carbons (Fsp3) is 0.368. The quantitative estimate of drug-likeness (QED) is 0.742. The number of fused-ring (bicyclic) bond motifs is 1. The molecule has 4 rings (SSSR count). The van der Waals surface area contributed by atoms with E-state index in [0.717, 1.165) is 16.7 Å². The van der Waals surface area contributed by atoms with Gasteiger partial charge in [-0.3, -0.25) is 4.79 Å². The number of aliphatic hydroxyl groups is 1. The summed E-state index contributed by atoms with van der Waals surface area (Å²) in [5, 5.41) is 12.5. The lowest BCUT2D eigenvalue weighted by atomic mass is 9.91. The van der Waals surface area contributed by atoms with Crippen LogP contribution in [0.25, 0.3) is 10.9 Å². The van der Waals surface area contributed by atoms with Gasteiger partial charge in [0.15, 0.2) is 0 Å². The predicted molar refractivity (Wildman–Crippen MR) is 100 cm³/mol. The summed E-state index contributed by atoms with van der Waals surface area (Å²) in [5.74, 6) is 0.840. The lowest BCUT2D eigenvalue weighted by Gasteiger charge is -2.38. The molecule has 0 aliphatic carbocycles. The second-order valence-corrected chi connectivity index (χ2v) is 7.47. The van der Waals surface area contributed by atoms with Crippen molar-refractivity contribution in [2.24, 2.45) is 0 Å². The molecule has 6 nitrogen and oxygen atoms in total. The first-order chi connectivity index (χ1) is 12.4. The summed E-state index contributed by atoms with van der Waals surface area (Å²) < 4.78 is 1.96. The number of carbonyl (C=O) groups is 1. The highest BCUT2D eigenvalue weighted by molar-refractivity contribution is 6.31. The first-order valence-corrected chi connectivity index (χ1v) is 9.09. The standard InChI is InChI=1S/C19H21ClN4O2/c1-13-21-6-9-24(13)12-19(26)4-7-23(8-5-19)18(25)17-10-14-2-3-15(20)11-16(14)22-17/h2-3,6,9-11,22,26H,4-5,7-8,12H2,1H3. The molecule has 1 saturated heterocycles. The van der Waals surface area contributed by atoms with Crippen molar-refractivity contribution in [2.45, 2.75) is 31.9 Å². The van der Waals surface area contributed by atoms with E-state index in [2.05, 4.69) is 9.97 Å². The molecule has 136 valence electrons. The number of imidazole rings is 1. The monoisotopic (exact) mass is 372 g/mol. The van der Waals surface area contributed by atoms with Crippen LogP contribution in [-0.4, -0.2) is 49.1 Å². The van der Waals surface area contributed by atoms with Crippen LogP contribution in [0.15, 0.2) is 36.7 Å². The smallest absolute Gasteiger partial charge is 0.270 e. The summed E-state index contributed by atoms with van der Waals surface area (Å²) in [6, 6.07) is 7.37. The number of carbonyl (C=O) groups excluding carboxylic acids is 1. The van der Waals surface area contributed by atoms with Gasteiger partial charge < -0.3 is 19.6 Å². The number of amides is 1. The molecule has 3 aromatic rings. The third kappa shape index (κ3) is 3.22. The Morgan fingerprint density at radius 1 is 1.35 bits per heavy atom. The van der Waals surface area contributed by atoms with Gasteiger partial charge in [0, 0.05) is 41.4 Å². The Morgan fingerprint density at radius 3 is 2.81 bits per heavy atom. The van der Waals surface area contributed by atoms with Gasteiger partial charge in [0.2, 0.25) is 0 Å². The molecular formula is C19H21ClN4O2. The fourth-order valence-electron chi connectivity index (χ4n) is 3.56. The largest absolute Gasteiger partial charge is 0.388 e. The van der Waals surface area contributed by atoms with Crippen molar-refractivity contribution in [1.82, 2.24) is 19.4 Å². The number of rotatable bonds is 3. The molecule has 0 atom stereocenters. The van der Waals surface area contributed by atoms with Crippen molar-refractivity contribution in [3.8, 4) is 0 Å². The molecule has 1 aliphatic heterocycles. The fourth-order valence-corrected chi connectivity index (χ4v) is 3.73. The molecule has 7 heteroatoms. The van der Waals surface area contributed by atoms with Crippen molar-refractivity contribution in [1.29, 1.82) is 0 Å². The van der Waals surface area contributed by atoms with Gasteiger partial charge >= 0.3 is 0 Å². The zero-order valence-electron chi connectivity index (χ0n) is 14.6. The van der Waals surface area contributed by atoms with Crippen LogP contribution in [0.5, 0.6) is 0 Å². The minimum absolute atomic E-state index is 0.0433. The molecule has 1 aromatic carbocycles. The molecule has 26 heavy (non-hydrogen) atoms. The van der Waals surface area contributed by atoms with E-state index < -0.39 is 5.60 Å². The van der Waals surface area contributed by atoms with Crippen molar-refractivity contribution in [3.63, 3.8) is 0 Å². The molecule has 3 heterocycles. The van der Waals surface area contributed by atoms with Gasteiger partial charge in [-0.2, -0.15) is 0 Å². The van der Waals surface area contributed by atoms with E-state index in [1.54, 1.807) is 11.1 Å². The van der Waals surface area contributed by atoms with Crippen LogP contribution in [0.1, 0.15) is 29.2 Å². The number of hydrogen-bond donors (Lipinski definition) is 2. The number of aromatic amines is 1. The van der Waals surface area contributed by atoms with Crippen LogP contribution < -0.4 is 0 Å². The molecule has 1 amide bonds. The molecule has 0 bridgehead atoms. The van der Waals surface area contributed by atoms with Crippen LogP contribution in [-0.2, 0) is 6.54 Å². The molecule has 1 aliphatic rings. The molecule has 0 spiro atoms. The lowest BCUT2D eigenvalue weighted by Crippen LogP contribution is -2.48. The number of aromatic nitrogens is 3. The maximum absolute atomic E-state index is 12.8. The van der Waals surface area contributed by atoms with Crippen LogP contribution in [0.3, 0.4) is 0 Å². The van der Waals surface area contributed by atoms with E-state index in [-0.39, 0.29) is 5.91 Å². The number of piperidine rings is 1. The van der Waals surface area contributed by atoms with E-state index in [1.165, 1.54) is 0 Å². The number of hydrogen-bond acceptors (Lipinski definition) is 3. The summed E-state index contributed by atoms with van der Waals surface area (Å²) in [4.78, 5) is 21.9. The Morgan fingerprint density at radius 2 is 2.12 bits per heavy atom. The number of nitrogens with one attached hydrogen (secondary N) is 1. The molecule has 2 N–H and O–H groups in total. The minimum atomic E-state index is -0.809. The van der Waals surface area contributed by atoms with Gasteiger partial charge in [-0.25, -0.2) is 4.98 Å². The highest BCUT2D eigenvalue weighted by Crippen LogP contribution is 2.27. The van der Waals surface area contributed by atoms with Crippen LogP contribution >= 0.6 is 11.6 Å². The summed E-state index contributed by atoms with van der Waals surface area (Å²) >= 11 is 6.01. The van der Waals surface area contributed by atoms with Gasteiger partial charge in [0.25, 0.3) is 5.91 Å². The number of nitrogens with zero attached hydrogens (tertiary/aromatic N) is 3. The maximum atomic E-state index is 12.8. The Labute approximate surface area is 156 Å². The Bertz CT molecular complexity index is 954. The van der Waals surface area contributed by atoms with Gasteiger partial charge in [-0.05, 0) is 38.0 Å². The molecular weight excluding hydrogens is 352 g/mol. The maximum Gasteiger partial charge on any atom is 0.270 e. The predicted octanol–water partition coefficient (Wildman–Crippen LogP) is 2.99. The number of likely N-dealkylation sites (tertiary alicyclic amines) is 1. The van der Waals surface area contributed by atoms with Crippen molar-refractivity contribution >= 4 is 28.4 Å². The average Bonchev–Trinajstić information content (AvgIpc) is 3.21. The van der Waals surface area contributed by atoms with E-state index in [9.17, 15) is 9.90 Å². The molecule has 1 fully saturated rings. The average molecular weight is 373 g/mol. The SMILES string of the molecule is Cc1nccn1CC1(O)CCN(C(=O)c2cc3ccc(Cl)cc3[nH]2)CC1. The first kappa shape index (κ1) is 17.1. The van der Waals surface area contributed by atoms with Crippen molar-refractivity contribution in [2.75, 3.05) is 13.1 Å². The summed E-state index contributed by atoms with van der Waals surface area (Å²) in [6.07, 6.45) is 4.70. The Balaban J connectivity index is 1.45. The van der Waals surface area contributed by atoms with E-state index in [1.807, 2.05) is 42.0 Å². The highest BCUT2D eigenvalue weighted by Gasteiger charge is 2.35. The lowest BCUT2D eigenvalue weighted by molar-refractivity contribution is -0.0296. The number of aryl methyl sites for hydroxylation is 1. The molecule has 0 radical (unpaired) electrons. The van der Waals surface area contributed by atoms with Crippen molar-refractivity contribution in [3.05, 3.63) is 53.2 Å². The highest BCUT2D eigenvalue weighted by atomic mass is 35.5. The van der Waals surface area contributed by atoms with Crippen molar-refractivity contribution < 1.29 is 9.90 Å². The van der Waals surface area contributed by atoms with Gasteiger partial charge in [-0.15, -0.1) is 0 Å². The molecule has 0 saturated carbocycles. The van der Waals surface area contributed by atoms with E-state index in [0.29, 0.717) is 43.2 Å². The summed E-state index contributed by atoms with van der Waals surface area (Å²) in [5.41, 5.74) is 0.596. The van der Waals surface area contributed by atoms with Gasteiger partial charge in [0.05, 0.1) is 12.1 Å². The Kier molecular flexibility index (Phi) is 4.25. The molecule has 2 aromatic heterocycles. The minimum Gasteiger partial charge on any atom is -0.388 e. The first-order valence-electron chi connectivity index (χ1n) is 8.71. The number of halogens is 1. The topological polar surface area (TPSA) is 74.2 Å². The number of H-pyrrole nitrogens is 1. The third-order valence-electron chi connectivity index (χ3n) is 5.18. The van der Waals surface area contributed by atoms with Gasteiger partial charge in [0.1, 0.15) is 11.5 Å². The summed E-state index contributed by atoms with van der Waals surface area (Å²) in [6.45, 7) is 3.48. The number of benzene rings is 1. The van der Waals surface area contributed by atoms with E-state index in [4.69, 9.17) is 11.6 Å². The van der Waals surface area contributed by atoms with E-state index >= 15 is 0 Å². The third-order valence-corrected chi connectivity index (χ3v) is 5.42. The van der Waals surface area contributed by atoms with Crippen LogP contribution in [0.4, 0.5) is 0 Å². The summed E-state index contributed by atoms with van der Waals surface area (Å²) in [7, 11) is 0. The van der Waals surface area contributed by atoms with Crippen LogP contribution in [0, 0.1) is 6.92 Å². The second kappa shape index (κ2) is 6.45. The second-order valence-electron chi connectivity index (χ2n) is 7.03. The zero-order chi connectivity index (χ0) is 18.3. The molecule has 0 unspecified atom stereocenters. The normalized spacial score (nSPS) is 17.0.